The van der Waals surface area contributed by atoms with E-state index in [1.807, 2.05) is 0 Å². The molecule has 0 unspecified atom stereocenters. The fraction of sp³-hybridized carbons (Fsp3) is 0.0500. The second-order valence-corrected chi connectivity index (χ2v) is 6.50. The topological polar surface area (TPSA) is 71.5 Å². The highest BCUT2D eigenvalue weighted by molar-refractivity contribution is 6.31. The van der Waals surface area contributed by atoms with E-state index in [0.29, 0.717) is 12.3 Å². The molecule has 1 N–H and O–H groups in total. The SMILES string of the molecule is O=C(Nc1ccccc1)N(Oc1ncc(C(F)(F)F)cc1Cl)C(=O)c1c(F)cccc1F. The van der Waals surface area contributed by atoms with Gasteiger partial charge in [-0.25, -0.2) is 18.6 Å². The monoisotopic (exact) mass is 471 g/mol. The number of hydrogen-bond donors (Lipinski definition) is 1. The second-order valence-electron chi connectivity index (χ2n) is 6.09. The Labute approximate surface area is 182 Å². The number of hydrogen-bond acceptors (Lipinski definition) is 4. The molecule has 0 aliphatic heterocycles. The lowest BCUT2D eigenvalue weighted by atomic mass is 10.2. The molecule has 0 atom stereocenters. The van der Waals surface area contributed by atoms with Crippen molar-refractivity contribution in [1.29, 1.82) is 0 Å². The van der Waals surface area contributed by atoms with Crippen LogP contribution >= 0.6 is 11.6 Å². The van der Waals surface area contributed by atoms with Crippen LogP contribution in [0, 0.1) is 11.6 Å². The van der Waals surface area contributed by atoms with Gasteiger partial charge in [-0.2, -0.15) is 13.2 Å². The molecule has 3 aromatic rings. The maximum absolute atomic E-state index is 14.1. The van der Waals surface area contributed by atoms with Gasteiger partial charge in [-0.3, -0.25) is 4.79 Å². The number of carbonyl (C=O) groups excluding carboxylic acids is 2. The van der Waals surface area contributed by atoms with E-state index in [2.05, 4.69) is 10.3 Å². The summed E-state index contributed by atoms with van der Waals surface area (Å²) in [5.41, 5.74) is -2.18. The Morgan fingerprint density at radius 3 is 2.19 bits per heavy atom. The largest absolute Gasteiger partial charge is 0.417 e. The summed E-state index contributed by atoms with van der Waals surface area (Å²) >= 11 is 5.75. The van der Waals surface area contributed by atoms with Gasteiger partial charge in [-0.15, -0.1) is 0 Å². The standard InChI is InChI=1S/C20H11ClF5N3O3/c21-13-9-11(20(24,25)26)10-27-17(13)32-29(19(31)28-12-5-2-1-3-6-12)18(30)16-14(22)7-4-8-15(16)23/h1-10H,(H,28,31). The quantitative estimate of drug-likeness (QED) is 0.391. The molecule has 0 radical (unpaired) electrons. The van der Waals surface area contributed by atoms with Crippen LogP contribution in [0.1, 0.15) is 15.9 Å². The number of para-hydroxylation sites is 1. The van der Waals surface area contributed by atoms with Gasteiger partial charge < -0.3 is 10.2 Å². The van der Waals surface area contributed by atoms with Crippen molar-refractivity contribution in [2.75, 3.05) is 5.32 Å². The first-order chi connectivity index (χ1) is 15.1. The van der Waals surface area contributed by atoms with Crippen LogP contribution in [0.25, 0.3) is 0 Å². The molecular weight excluding hydrogens is 461 g/mol. The first-order valence-electron chi connectivity index (χ1n) is 8.63. The normalized spacial score (nSPS) is 11.1. The van der Waals surface area contributed by atoms with Crippen molar-refractivity contribution in [3.63, 3.8) is 0 Å². The molecule has 0 spiro atoms. The van der Waals surface area contributed by atoms with E-state index in [0.717, 1.165) is 18.2 Å². The number of urea groups is 1. The highest BCUT2D eigenvalue weighted by Crippen LogP contribution is 2.33. The van der Waals surface area contributed by atoms with Gasteiger partial charge in [0, 0.05) is 11.9 Å². The van der Waals surface area contributed by atoms with Crippen molar-refractivity contribution in [2.24, 2.45) is 0 Å². The number of pyridine rings is 1. The van der Waals surface area contributed by atoms with Gasteiger partial charge in [0.1, 0.15) is 22.2 Å². The van der Waals surface area contributed by atoms with Crippen LogP contribution in [0.5, 0.6) is 5.88 Å². The molecule has 3 rings (SSSR count). The van der Waals surface area contributed by atoms with E-state index in [1.165, 1.54) is 12.1 Å². The molecule has 0 fully saturated rings. The van der Waals surface area contributed by atoms with Gasteiger partial charge in [0.25, 0.3) is 5.88 Å². The smallest absolute Gasteiger partial charge is 0.345 e. The number of benzene rings is 2. The first-order valence-corrected chi connectivity index (χ1v) is 9.01. The van der Waals surface area contributed by atoms with Crippen molar-refractivity contribution in [1.82, 2.24) is 10.0 Å². The van der Waals surface area contributed by atoms with Crippen LogP contribution in [0.3, 0.4) is 0 Å². The molecule has 0 bridgehead atoms. The first kappa shape index (κ1) is 22.9. The van der Waals surface area contributed by atoms with Crippen molar-refractivity contribution in [3.05, 3.63) is 88.6 Å². The van der Waals surface area contributed by atoms with E-state index >= 15 is 0 Å². The zero-order valence-electron chi connectivity index (χ0n) is 15.7. The summed E-state index contributed by atoms with van der Waals surface area (Å²) in [5, 5.41) is 1.44. The number of imide groups is 1. The summed E-state index contributed by atoms with van der Waals surface area (Å²) < 4.78 is 66.7. The number of rotatable bonds is 4. The van der Waals surface area contributed by atoms with Crippen molar-refractivity contribution >= 4 is 29.2 Å². The lowest BCUT2D eigenvalue weighted by molar-refractivity contribution is -0.137. The highest BCUT2D eigenvalue weighted by atomic mass is 35.5. The number of alkyl halides is 3. The lowest BCUT2D eigenvalue weighted by Gasteiger charge is -2.21. The van der Waals surface area contributed by atoms with E-state index in [9.17, 15) is 31.5 Å². The average Bonchev–Trinajstić information content (AvgIpc) is 2.72. The molecule has 12 heteroatoms. The van der Waals surface area contributed by atoms with Crippen LogP contribution in [0.15, 0.2) is 60.8 Å². The van der Waals surface area contributed by atoms with Gasteiger partial charge in [0.05, 0.1) is 5.56 Å². The Kier molecular flexibility index (Phi) is 6.58. The van der Waals surface area contributed by atoms with Crippen LogP contribution in [-0.4, -0.2) is 22.0 Å². The van der Waals surface area contributed by atoms with Gasteiger partial charge in [-0.05, 0) is 30.3 Å². The number of amides is 3. The number of hydroxylamine groups is 2. The van der Waals surface area contributed by atoms with Crippen LogP contribution in [0.4, 0.5) is 32.4 Å². The minimum atomic E-state index is -4.77. The molecule has 2 aromatic carbocycles. The fourth-order valence-corrected chi connectivity index (χ4v) is 2.61. The van der Waals surface area contributed by atoms with Crippen LogP contribution in [0.2, 0.25) is 5.02 Å². The molecule has 0 saturated heterocycles. The number of halogens is 6. The summed E-state index contributed by atoms with van der Waals surface area (Å²) in [5.74, 6) is -4.98. The Bertz CT molecular complexity index is 1140. The minimum Gasteiger partial charge on any atom is -0.345 e. The Hall–Kier alpha value is -3.73. The molecule has 0 saturated carbocycles. The fourth-order valence-electron chi connectivity index (χ4n) is 2.41. The summed E-state index contributed by atoms with van der Waals surface area (Å²) in [6, 6.07) is 9.27. The molecule has 166 valence electrons. The van der Waals surface area contributed by atoms with E-state index < -0.39 is 51.8 Å². The summed E-state index contributed by atoms with van der Waals surface area (Å²) in [4.78, 5) is 33.8. The maximum Gasteiger partial charge on any atom is 0.417 e. The van der Waals surface area contributed by atoms with Gasteiger partial charge in [0.15, 0.2) is 0 Å². The maximum atomic E-state index is 14.1. The number of anilines is 1. The Morgan fingerprint density at radius 1 is 1.00 bits per heavy atom. The minimum absolute atomic E-state index is 0.101. The summed E-state index contributed by atoms with van der Waals surface area (Å²) in [6.45, 7) is 0. The number of nitrogens with one attached hydrogen (secondary N) is 1. The molecule has 32 heavy (non-hydrogen) atoms. The number of aromatic nitrogens is 1. The lowest BCUT2D eigenvalue weighted by Crippen LogP contribution is -2.43. The van der Waals surface area contributed by atoms with Gasteiger partial charge in [0.2, 0.25) is 0 Å². The Balaban J connectivity index is 1.99. The molecule has 3 amide bonds. The highest BCUT2D eigenvalue weighted by Gasteiger charge is 2.34. The average molecular weight is 472 g/mol. The van der Waals surface area contributed by atoms with Crippen molar-refractivity contribution in [2.45, 2.75) is 6.18 Å². The van der Waals surface area contributed by atoms with Crippen molar-refractivity contribution in [3.8, 4) is 5.88 Å². The third kappa shape index (κ3) is 5.11. The third-order valence-corrected chi connectivity index (χ3v) is 4.15. The third-order valence-electron chi connectivity index (χ3n) is 3.88. The number of carbonyl (C=O) groups is 2. The Morgan fingerprint density at radius 2 is 1.62 bits per heavy atom. The van der Waals surface area contributed by atoms with Gasteiger partial charge >= 0.3 is 18.1 Å². The summed E-state index contributed by atoms with van der Waals surface area (Å²) in [6.07, 6.45) is -4.42. The summed E-state index contributed by atoms with van der Waals surface area (Å²) in [7, 11) is 0. The zero-order chi connectivity index (χ0) is 23.5. The van der Waals surface area contributed by atoms with Crippen LogP contribution in [-0.2, 0) is 6.18 Å². The molecule has 0 aliphatic carbocycles. The predicted molar refractivity (Wildman–Crippen MR) is 103 cm³/mol. The molecule has 6 nitrogen and oxygen atoms in total. The zero-order valence-corrected chi connectivity index (χ0v) is 16.4. The van der Waals surface area contributed by atoms with Crippen molar-refractivity contribution < 1.29 is 36.4 Å². The second kappa shape index (κ2) is 9.18. The predicted octanol–water partition coefficient (Wildman–Crippen LogP) is 5.70. The molecule has 1 aromatic heterocycles. The van der Waals surface area contributed by atoms with E-state index in [4.69, 9.17) is 16.4 Å². The van der Waals surface area contributed by atoms with Gasteiger partial charge in [-0.1, -0.05) is 40.9 Å². The molecule has 0 aliphatic rings. The van der Waals surface area contributed by atoms with E-state index in [-0.39, 0.29) is 10.8 Å². The van der Waals surface area contributed by atoms with E-state index in [1.54, 1.807) is 18.2 Å². The number of nitrogens with zero attached hydrogens (tertiary/aromatic N) is 2. The molecular formula is C20H11ClF5N3O3. The van der Waals surface area contributed by atoms with Crippen LogP contribution < -0.4 is 10.2 Å². The molecule has 1 heterocycles.